The third-order valence-corrected chi connectivity index (χ3v) is 7.39. The van der Waals surface area contributed by atoms with Gasteiger partial charge in [0.2, 0.25) is 10.0 Å². The monoisotopic (exact) mass is 463 g/mol. The number of nitrogens with one attached hydrogen (secondary N) is 1. The molecule has 0 saturated heterocycles. The molecule has 0 amide bonds. The van der Waals surface area contributed by atoms with Crippen molar-refractivity contribution in [3.63, 3.8) is 0 Å². The highest BCUT2D eigenvalue weighted by atomic mass is 35.5. The minimum atomic E-state index is -3.63. The highest BCUT2D eigenvalue weighted by Crippen LogP contribution is 2.28. The van der Waals surface area contributed by atoms with Crippen LogP contribution in [0.3, 0.4) is 0 Å². The summed E-state index contributed by atoms with van der Waals surface area (Å²) in [6.07, 6.45) is 8.51. The molecular formula is C22H23ClFN3O3S. The van der Waals surface area contributed by atoms with Crippen LogP contribution in [0.15, 0.2) is 42.7 Å². The van der Waals surface area contributed by atoms with E-state index in [0.29, 0.717) is 16.9 Å². The summed E-state index contributed by atoms with van der Waals surface area (Å²) in [7, 11) is -3.63. The Labute approximate surface area is 185 Å². The lowest BCUT2D eigenvalue weighted by molar-refractivity contribution is 0.0993. The molecule has 164 valence electrons. The standard InChI is InChI=1S/C22H23ClFN3O3S/c23-18-11-16(19-13-27-9-5-4-8-21(27)26-19)10-17(22(18)24)20(28)12-25-31(29,30)14-15-6-2-1-3-7-15/h4-5,8-11,13,15,25H,1-3,6-7,12,14H2. The van der Waals surface area contributed by atoms with Crippen molar-refractivity contribution in [1.82, 2.24) is 14.1 Å². The van der Waals surface area contributed by atoms with Gasteiger partial charge in [-0.1, -0.05) is 36.9 Å². The van der Waals surface area contributed by atoms with Crippen molar-refractivity contribution in [2.24, 2.45) is 5.92 Å². The number of nitrogens with zero attached hydrogens (tertiary/aromatic N) is 2. The van der Waals surface area contributed by atoms with Crippen molar-refractivity contribution < 1.29 is 17.6 Å². The number of Topliss-reactive ketones (excluding diaryl/α,β-unsaturated/α-hetero) is 1. The quantitative estimate of drug-likeness (QED) is 0.524. The van der Waals surface area contributed by atoms with Crippen LogP contribution in [0.4, 0.5) is 4.39 Å². The number of aromatic nitrogens is 2. The second kappa shape index (κ2) is 9.06. The first-order valence-electron chi connectivity index (χ1n) is 10.3. The summed E-state index contributed by atoms with van der Waals surface area (Å²) in [6.45, 7) is -0.517. The van der Waals surface area contributed by atoms with Crippen LogP contribution >= 0.6 is 11.6 Å². The number of rotatable bonds is 7. The van der Waals surface area contributed by atoms with Crippen molar-refractivity contribution in [2.75, 3.05) is 12.3 Å². The average Bonchev–Trinajstić information content (AvgIpc) is 3.19. The summed E-state index contributed by atoms with van der Waals surface area (Å²) in [6, 6.07) is 8.29. The lowest BCUT2D eigenvalue weighted by atomic mass is 9.91. The molecular weight excluding hydrogens is 441 g/mol. The van der Waals surface area contributed by atoms with Gasteiger partial charge in [-0.05, 0) is 43.0 Å². The molecule has 4 rings (SSSR count). The molecule has 31 heavy (non-hydrogen) atoms. The molecule has 0 unspecified atom stereocenters. The first-order chi connectivity index (χ1) is 14.8. The van der Waals surface area contributed by atoms with Gasteiger partial charge in [0.25, 0.3) is 0 Å². The molecule has 2 heterocycles. The highest BCUT2D eigenvalue weighted by molar-refractivity contribution is 7.89. The average molecular weight is 464 g/mol. The van der Waals surface area contributed by atoms with Gasteiger partial charge in [0.05, 0.1) is 28.6 Å². The van der Waals surface area contributed by atoms with E-state index >= 15 is 0 Å². The van der Waals surface area contributed by atoms with E-state index in [1.165, 1.54) is 12.1 Å². The molecule has 1 aliphatic rings. The fraction of sp³-hybridized carbons (Fsp3) is 0.364. The van der Waals surface area contributed by atoms with Gasteiger partial charge in [-0.25, -0.2) is 22.5 Å². The smallest absolute Gasteiger partial charge is 0.212 e. The lowest BCUT2D eigenvalue weighted by Gasteiger charge is -2.21. The van der Waals surface area contributed by atoms with Crippen LogP contribution in [0.1, 0.15) is 42.5 Å². The van der Waals surface area contributed by atoms with Gasteiger partial charge in [-0.2, -0.15) is 0 Å². The molecule has 3 aromatic rings. The highest BCUT2D eigenvalue weighted by Gasteiger charge is 2.23. The molecule has 1 aromatic carbocycles. The predicted molar refractivity (Wildman–Crippen MR) is 118 cm³/mol. The summed E-state index contributed by atoms with van der Waals surface area (Å²) < 4.78 is 43.5. The fourth-order valence-corrected chi connectivity index (χ4v) is 5.65. The van der Waals surface area contributed by atoms with Crippen LogP contribution < -0.4 is 4.72 Å². The molecule has 6 nitrogen and oxygen atoms in total. The predicted octanol–water partition coefficient (Wildman–Crippen LogP) is 4.48. The van der Waals surface area contributed by atoms with Gasteiger partial charge in [0.15, 0.2) is 11.6 Å². The Morgan fingerprint density at radius 1 is 1.23 bits per heavy atom. The number of carbonyl (C=O) groups is 1. The first kappa shape index (κ1) is 21.9. The van der Waals surface area contributed by atoms with E-state index in [0.717, 1.165) is 32.1 Å². The van der Waals surface area contributed by atoms with Crippen molar-refractivity contribution in [1.29, 1.82) is 0 Å². The molecule has 2 aromatic heterocycles. The molecule has 1 fully saturated rings. The number of hydrogen-bond donors (Lipinski definition) is 1. The van der Waals surface area contributed by atoms with Crippen molar-refractivity contribution in [2.45, 2.75) is 32.1 Å². The largest absolute Gasteiger partial charge is 0.306 e. The Balaban J connectivity index is 1.52. The molecule has 1 N–H and O–H groups in total. The van der Waals surface area contributed by atoms with Crippen molar-refractivity contribution in [3.8, 4) is 11.3 Å². The lowest BCUT2D eigenvalue weighted by Crippen LogP contribution is -2.34. The SMILES string of the molecule is O=C(CNS(=O)(=O)CC1CCCCC1)c1cc(-c2cn3ccccc3n2)cc(Cl)c1F. The third kappa shape index (κ3) is 5.14. The summed E-state index contributed by atoms with van der Waals surface area (Å²) in [5.74, 6) is -1.46. The van der Waals surface area contributed by atoms with E-state index in [4.69, 9.17) is 11.6 Å². The second-order valence-corrected chi connectivity index (χ2v) is 10.2. The van der Waals surface area contributed by atoms with E-state index in [-0.39, 0.29) is 22.3 Å². The Hall–Kier alpha value is -2.29. The van der Waals surface area contributed by atoms with E-state index in [9.17, 15) is 17.6 Å². The van der Waals surface area contributed by atoms with E-state index in [1.807, 2.05) is 24.4 Å². The van der Waals surface area contributed by atoms with Crippen LogP contribution in [0.25, 0.3) is 16.9 Å². The maximum atomic E-state index is 14.6. The third-order valence-electron chi connectivity index (χ3n) is 5.62. The number of hydrogen-bond acceptors (Lipinski definition) is 4. The Morgan fingerprint density at radius 2 is 2.00 bits per heavy atom. The molecule has 9 heteroatoms. The zero-order valence-corrected chi connectivity index (χ0v) is 18.4. The van der Waals surface area contributed by atoms with Crippen molar-refractivity contribution in [3.05, 3.63) is 59.1 Å². The molecule has 0 aliphatic heterocycles. The summed E-state index contributed by atoms with van der Waals surface area (Å²) >= 11 is 6.03. The number of benzene rings is 1. The number of carbonyl (C=O) groups excluding carboxylic acids is 1. The minimum Gasteiger partial charge on any atom is -0.306 e. The normalized spacial score (nSPS) is 15.4. The number of ketones is 1. The maximum absolute atomic E-state index is 14.6. The minimum absolute atomic E-state index is 0.00912. The van der Waals surface area contributed by atoms with Crippen LogP contribution in [-0.2, 0) is 10.0 Å². The summed E-state index contributed by atoms with van der Waals surface area (Å²) in [5.41, 5.74) is 1.43. The molecule has 1 saturated carbocycles. The van der Waals surface area contributed by atoms with Gasteiger partial charge in [-0.3, -0.25) is 4.79 Å². The zero-order valence-electron chi connectivity index (χ0n) is 16.9. The van der Waals surface area contributed by atoms with Crippen LogP contribution in [0.2, 0.25) is 5.02 Å². The number of sulfonamides is 1. The van der Waals surface area contributed by atoms with Crippen LogP contribution in [-0.4, -0.2) is 35.9 Å². The molecule has 0 radical (unpaired) electrons. The van der Waals surface area contributed by atoms with E-state index in [2.05, 4.69) is 9.71 Å². The Kier molecular flexibility index (Phi) is 6.41. The molecule has 0 bridgehead atoms. The number of pyridine rings is 1. The molecule has 1 aliphatic carbocycles. The van der Waals surface area contributed by atoms with Gasteiger partial charge in [0, 0.05) is 18.0 Å². The van der Waals surface area contributed by atoms with E-state index < -0.39 is 28.2 Å². The topological polar surface area (TPSA) is 80.5 Å². The maximum Gasteiger partial charge on any atom is 0.212 e. The molecule has 0 spiro atoms. The second-order valence-electron chi connectivity index (χ2n) is 7.94. The number of halogens is 2. The first-order valence-corrected chi connectivity index (χ1v) is 12.3. The molecule has 0 atom stereocenters. The number of fused-ring (bicyclic) bond motifs is 1. The Morgan fingerprint density at radius 3 is 2.74 bits per heavy atom. The zero-order chi connectivity index (χ0) is 22.0. The number of imidazole rings is 1. The van der Waals surface area contributed by atoms with Crippen LogP contribution in [0, 0.1) is 11.7 Å². The van der Waals surface area contributed by atoms with E-state index in [1.54, 1.807) is 10.6 Å². The summed E-state index contributed by atoms with van der Waals surface area (Å²) in [4.78, 5) is 17.1. The van der Waals surface area contributed by atoms with Crippen molar-refractivity contribution >= 4 is 33.1 Å². The fourth-order valence-electron chi connectivity index (χ4n) is 4.01. The van der Waals surface area contributed by atoms with Gasteiger partial charge in [-0.15, -0.1) is 0 Å². The van der Waals surface area contributed by atoms with Crippen LogP contribution in [0.5, 0.6) is 0 Å². The van der Waals surface area contributed by atoms with Gasteiger partial charge in [0.1, 0.15) is 5.65 Å². The van der Waals surface area contributed by atoms with Gasteiger partial charge < -0.3 is 4.40 Å². The Bertz CT molecular complexity index is 1190. The van der Waals surface area contributed by atoms with Gasteiger partial charge >= 0.3 is 0 Å². The summed E-state index contributed by atoms with van der Waals surface area (Å²) in [5, 5.41) is -0.219.